The lowest BCUT2D eigenvalue weighted by molar-refractivity contribution is -0.144. The Kier molecular flexibility index (Phi) is 4.02. The lowest BCUT2D eigenvalue weighted by Crippen LogP contribution is -2.39. The second-order valence-corrected chi connectivity index (χ2v) is 3.06. The third kappa shape index (κ3) is 3.67. The van der Waals surface area contributed by atoms with E-state index in [4.69, 9.17) is 5.73 Å². The van der Waals surface area contributed by atoms with Crippen LogP contribution in [-0.4, -0.2) is 40.8 Å². The second-order valence-electron chi connectivity index (χ2n) is 3.06. The van der Waals surface area contributed by atoms with Gasteiger partial charge in [0.05, 0.1) is 6.61 Å². The van der Waals surface area contributed by atoms with Crippen LogP contribution in [0.15, 0.2) is 0 Å². The van der Waals surface area contributed by atoms with Gasteiger partial charge in [-0.15, -0.1) is 5.10 Å². The van der Waals surface area contributed by atoms with Crippen LogP contribution in [0.2, 0.25) is 0 Å². The number of anilines is 1. The number of hydrogen-bond acceptors (Lipinski definition) is 5. The summed E-state index contributed by atoms with van der Waals surface area (Å²) < 4.78 is 41.0. The first-order chi connectivity index (χ1) is 7.84. The van der Waals surface area contributed by atoms with Gasteiger partial charge in [-0.2, -0.15) is 18.2 Å². The van der Waals surface area contributed by atoms with Gasteiger partial charge in [-0.1, -0.05) is 0 Å². The van der Waals surface area contributed by atoms with E-state index in [-0.39, 0.29) is 6.61 Å². The van der Waals surface area contributed by atoms with Gasteiger partial charge in [0.25, 0.3) is 0 Å². The van der Waals surface area contributed by atoms with Crippen LogP contribution < -0.4 is 11.1 Å². The molecule has 0 aliphatic heterocycles. The SMILES string of the molecule is COCC(N)C(=O)Nc1n[nH]c(C(F)(F)F)n1. The molecule has 0 spiro atoms. The number of carbonyl (C=O) groups is 1. The molecule has 0 saturated heterocycles. The van der Waals surface area contributed by atoms with E-state index in [9.17, 15) is 18.0 Å². The van der Waals surface area contributed by atoms with Crippen molar-refractivity contribution < 1.29 is 22.7 Å². The Morgan fingerprint density at radius 3 is 2.76 bits per heavy atom. The minimum atomic E-state index is -4.65. The molecule has 96 valence electrons. The molecule has 0 aromatic carbocycles. The maximum atomic E-state index is 12.1. The van der Waals surface area contributed by atoms with E-state index in [1.54, 1.807) is 5.10 Å². The molecule has 10 heteroatoms. The fourth-order valence-corrected chi connectivity index (χ4v) is 0.903. The van der Waals surface area contributed by atoms with Crippen molar-refractivity contribution in [2.45, 2.75) is 12.2 Å². The molecule has 4 N–H and O–H groups in total. The van der Waals surface area contributed by atoms with Crippen LogP contribution in [0.25, 0.3) is 0 Å². The lowest BCUT2D eigenvalue weighted by Gasteiger charge is -2.08. The molecule has 7 nitrogen and oxygen atoms in total. The van der Waals surface area contributed by atoms with E-state index in [1.165, 1.54) is 7.11 Å². The first-order valence-corrected chi connectivity index (χ1v) is 4.39. The van der Waals surface area contributed by atoms with E-state index in [1.807, 2.05) is 5.32 Å². The van der Waals surface area contributed by atoms with Crippen molar-refractivity contribution in [2.75, 3.05) is 19.0 Å². The summed E-state index contributed by atoms with van der Waals surface area (Å²) in [7, 11) is 1.34. The maximum Gasteiger partial charge on any atom is 0.451 e. The van der Waals surface area contributed by atoms with Gasteiger partial charge < -0.3 is 10.5 Å². The summed E-state index contributed by atoms with van der Waals surface area (Å²) in [5.41, 5.74) is 5.34. The van der Waals surface area contributed by atoms with Crippen LogP contribution in [0.5, 0.6) is 0 Å². The number of hydrogen-bond donors (Lipinski definition) is 3. The smallest absolute Gasteiger partial charge is 0.383 e. The zero-order valence-corrected chi connectivity index (χ0v) is 8.71. The Morgan fingerprint density at radius 2 is 2.29 bits per heavy atom. The number of H-pyrrole nitrogens is 1. The van der Waals surface area contributed by atoms with Crippen LogP contribution in [-0.2, 0) is 15.7 Å². The molecule has 1 aromatic heterocycles. The fourth-order valence-electron chi connectivity index (χ4n) is 0.903. The maximum absolute atomic E-state index is 12.1. The average molecular weight is 253 g/mol. The molecule has 1 atom stereocenters. The summed E-state index contributed by atoms with van der Waals surface area (Å²) in [6.45, 7) is -0.0671. The number of alkyl halides is 3. The molecule has 17 heavy (non-hydrogen) atoms. The fraction of sp³-hybridized carbons (Fsp3) is 0.571. The van der Waals surface area contributed by atoms with Gasteiger partial charge in [-0.05, 0) is 0 Å². The number of nitrogens with one attached hydrogen (secondary N) is 2. The summed E-state index contributed by atoms with van der Waals surface area (Å²) >= 11 is 0. The zero-order valence-electron chi connectivity index (χ0n) is 8.71. The van der Waals surface area contributed by atoms with Crippen LogP contribution >= 0.6 is 0 Å². The number of methoxy groups -OCH3 is 1. The third-order valence-electron chi connectivity index (χ3n) is 1.67. The highest BCUT2D eigenvalue weighted by atomic mass is 19.4. The molecule has 1 unspecified atom stereocenters. The highest BCUT2D eigenvalue weighted by molar-refractivity contribution is 5.93. The van der Waals surface area contributed by atoms with Gasteiger partial charge in [0, 0.05) is 7.11 Å². The number of rotatable bonds is 4. The van der Waals surface area contributed by atoms with Crippen LogP contribution in [0.3, 0.4) is 0 Å². The van der Waals surface area contributed by atoms with Crippen LogP contribution in [0.1, 0.15) is 5.82 Å². The third-order valence-corrected chi connectivity index (χ3v) is 1.67. The standard InChI is InChI=1S/C7H10F3N5O2/c1-17-2-3(11)4(16)12-6-13-5(14-15-6)7(8,9)10/h3H,2,11H2,1H3,(H2,12,13,14,15,16). The number of halogens is 3. The number of carbonyl (C=O) groups excluding carboxylic acids is 1. The van der Waals surface area contributed by atoms with Crippen molar-refractivity contribution in [3.05, 3.63) is 5.82 Å². The normalized spacial score (nSPS) is 13.5. The Balaban J connectivity index is 2.64. The van der Waals surface area contributed by atoms with E-state index in [0.29, 0.717) is 0 Å². The first-order valence-electron chi connectivity index (χ1n) is 4.39. The highest BCUT2D eigenvalue weighted by Crippen LogP contribution is 2.26. The Morgan fingerprint density at radius 1 is 1.65 bits per heavy atom. The van der Waals surface area contributed by atoms with Crippen LogP contribution in [0, 0.1) is 0 Å². The van der Waals surface area contributed by atoms with Crippen molar-refractivity contribution in [3.63, 3.8) is 0 Å². The van der Waals surface area contributed by atoms with E-state index in [0.717, 1.165) is 0 Å². The first kappa shape index (κ1) is 13.4. The lowest BCUT2D eigenvalue weighted by atomic mass is 10.3. The molecule has 1 rings (SSSR count). The molecular formula is C7H10F3N5O2. The van der Waals surface area contributed by atoms with Gasteiger partial charge in [-0.25, -0.2) is 0 Å². The van der Waals surface area contributed by atoms with Gasteiger partial charge in [0.1, 0.15) is 6.04 Å². The van der Waals surface area contributed by atoms with Gasteiger partial charge in [0.15, 0.2) is 0 Å². The zero-order chi connectivity index (χ0) is 13.1. The molecule has 0 bridgehead atoms. The van der Waals surface area contributed by atoms with E-state index < -0.39 is 29.9 Å². The average Bonchev–Trinajstić information content (AvgIpc) is 2.66. The van der Waals surface area contributed by atoms with Gasteiger partial charge in [0.2, 0.25) is 17.7 Å². The van der Waals surface area contributed by atoms with E-state index >= 15 is 0 Å². The number of ether oxygens (including phenoxy) is 1. The van der Waals surface area contributed by atoms with E-state index in [2.05, 4.69) is 14.8 Å². The number of aromatic nitrogens is 3. The summed E-state index contributed by atoms with van der Waals surface area (Å²) in [6, 6.07) is -1.01. The predicted octanol–water partition coefficient (Wildman–Crippen LogP) is -0.264. The molecule has 1 amide bonds. The summed E-state index contributed by atoms with van der Waals surface area (Å²) in [4.78, 5) is 14.3. The second kappa shape index (κ2) is 5.10. The topological polar surface area (TPSA) is 106 Å². The van der Waals surface area contributed by atoms with Crippen molar-refractivity contribution in [1.82, 2.24) is 15.2 Å². The monoisotopic (exact) mass is 253 g/mol. The van der Waals surface area contributed by atoms with Gasteiger partial charge in [-0.3, -0.25) is 15.2 Å². The summed E-state index contributed by atoms with van der Waals surface area (Å²) in [5, 5.41) is 6.85. The predicted molar refractivity (Wildman–Crippen MR) is 49.9 cm³/mol. The minimum absolute atomic E-state index is 0.0671. The number of nitrogens with two attached hydrogens (primary N) is 1. The molecule has 1 aromatic rings. The highest BCUT2D eigenvalue weighted by Gasteiger charge is 2.35. The number of nitrogens with zero attached hydrogens (tertiary/aromatic N) is 2. The van der Waals surface area contributed by atoms with Crippen molar-refractivity contribution in [3.8, 4) is 0 Å². The van der Waals surface area contributed by atoms with Gasteiger partial charge >= 0.3 is 6.18 Å². The Bertz CT molecular complexity index is 391. The minimum Gasteiger partial charge on any atom is -0.383 e. The molecule has 1 heterocycles. The van der Waals surface area contributed by atoms with Crippen molar-refractivity contribution in [1.29, 1.82) is 0 Å². The molecule has 0 saturated carbocycles. The van der Waals surface area contributed by atoms with Crippen molar-refractivity contribution in [2.24, 2.45) is 5.73 Å². The number of amides is 1. The molecule has 0 aliphatic rings. The molecule has 0 fully saturated rings. The molecular weight excluding hydrogens is 243 g/mol. The number of aromatic amines is 1. The van der Waals surface area contributed by atoms with Crippen LogP contribution in [0.4, 0.5) is 19.1 Å². The Hall–Kier alpha value is -1.68. The molecule has 0 aliphatic carbocycles. The summed E-state index contributed by atoms with van der Waals surface area (Å²) in [6.07, 6.45) is -4.65. The van der Waals surface area contributed by atoms with Crippen molar-refractivity contribution >= 4 is 11.9 Å². The quantitative estimate of drug-likeness (QED) is 0.685. The molecule has 0 radical (unpaired) electrons. The largest absolute Gasteiger partial charge is 0.451 e. The summed E-state index contributed by atoms with van der Waals surface area (Å²) in [5.74, 6) is -2.53. The Labute approximate surface area is 93.5 Å².